The van der Waals surface area contributed by atoms with Gasteiger partial charge in [0.05, 0.1) is 12.3 Å². The van der Waals surface area contributed by atoms with E-state index in [1.165, 1.54) is 6.20 Å². The zero-order valence-corrected chi connectivity index (χ0v) is 12.5. The SMILES string of the molecule is CNCc1cn[nH]c1S(=O)(=O)NCCC1CCCCO1. The van der Waals surface area contributed by atoms with E-state index >= 15 is 0 Å². The molecule has 2 heterocycles. The first-order chi connectivity index (χ1) is 9.63. The van der Waals surface area contributed by atoms with Crippen LogP contribution in [0.15, 0.2) is 11.2 Å². The van der Waals surface area contributed by atoms with Crippen LogP contribution in [0.1, 0.15) is 31.2 Å². The van der Waals surface area contributed by atoms with E-state index in [4.69, 9.17) is 4.74 Å². The second-order valence-electron chi connectivity index (χ2n) is 4.93. The molecule has 1 fully saturated rings. The summed E-state index contributed by atoms with van der Waals surface area (Å²) < 4.78 is 32.5. The quantitative estimate of drug-likeness (QED) is 0.676. The van der Waals surface area contributed by atoms with Crippen LogP contribution in [0.2, 0.25) is 0 Å². The minimum absolute atomic E-state index is 0.136. The Morgan fingerprint density at radius 1 is 1.50 bits per heavy atom. The number of H-pyrrole nitrogens is 1. The third kappa shape index (κ3) is 4.02. The van der Waals surface area contributed by atoms with Gasteiger partial charge in [0.2, 0.25) is 0 Å². The van der Waals surface area contributed by atoms with Crippen LogP contribution in [0.25, 0.3) is 0 Å². The monoisotopic (exact) mass is 302 g/mol. The molecular weight excluding hydrogens is 280 g/mol. The van der Waals surface area contributed by atoms with E-state index in [-0.39, 0.29) is 11.1 Å². The number of ether oxygens (including phenoxy) is 1. The molecular formula is C12H22N4O3S. The lowest BCUT2D eigenvalue weighted by Crippen LogP contribution is -2.30. The largest absolute Gasteiger partial charge is 0.378 e. The van der Waals surface area contributed by atoms with Crippen molar-refractivity contribution in [1.82, 2.24) is 20.2 Å². The van der Waals surface area contributed by atoms with Gasteiger partial charge in [-0.2, -0.15) is 5.10 Å². The summed E-state index contributed by atoms with van der Waals surface area (Å²) in [6.07, 6.45) is 5.67. The third-order valence-electron chi connectivity index (χ3n) is 3.35. The molecule has 3 N–H and O–H groups in total. The number of hydrogen-bond acceptors (Lipinski definition) is 5. The molecule has 1 saturated heterocycles. The minimum Gasteiger partial charge on any atom is -0.378 e. The van der Waals surface area contributed by atoms with Crippen LogP contribution in [0.5, 0.6) is 0 Å². The third-order valence-corrected chi connectivity index (χ3v) is 4.82. The molecule has 1 unspecified atom stereocenters. The molecule has 0 aliphatic carbocycles. The number of rotatable bonds is 7. The first-order valence-corrected chi connectivity index (χ1v) is 8.40. The van der Waals surface area contributed by atoms with E-state index < -0.39 is 10.0 Å². The van der Waals surface area contributed by atoms with Gasteiger partial charge in [-0.1, -0.05) is 0 Å². The Morgan fingerprint density at radius 3 is 3.05 bits per heavy atom. The maximum atomic E-state index is 12.2. The number of hydrogen-bond donors (Lipinski definition) is 3. The number of nitrogens with zero attached hydrogens (tertiary/aromatic N) is 1. The zero-order chi connectivity index (χ0) is 14.4. The lowest BCUT2D eigenvalue weighted by atomic mass is 10.1. The van der Waals surface area contributed by atoms with Crippen LogP contribution >= 0.6 is 0 Å². The summed E-state index contributed by atoms with van der Waals surface area (Å²) in [5, 5.41) is 9.40. The maximum absolute atomic E-state index is 12.2. The molecule has 8 heteroatoms. The van der Waals surface area contributed by atoms with Crippen molar-refractivity contribution in [3.63, 3.8) is 0 Å². The number of sulfonamides is 1. The van der Waals surface area contributed by atoms with E-state index in [1.54, 1.807) is 7.05 Å². The van der Waals surface area contributed by atoms with E-state index in [1.807, 2.05) is 0 Å². The Balaban J connectivity index is 1.88. The van der Waals surface area contributed by atoms with Crippen molar-refractivity contribution in [2.45, 2.75) is 43.4 Å². The second-order valence-corrected chi connectivity index (χ2v) is 6.63. The smallest absolute Gasteiger partial charge is 0.257 e. The van der Waals surface area contributed by atoms with Crippen LogP contribution in [0.3, 0.4) is 0 Å². The predicted octanol–water partition coefficient (Wildman–Crippen LogP) is 0.367. The van der Waals surface area contributed by atoms with E-state index in [2.05, 4.69) is 20.2 Å². The minimum atomic E-state index is -3.53. The number of aromatic nitrogens is 2. The summed E-state index contributed by atoms with van der Waals surface area (Å²) in [5.41, 5.74) is 0.633. The fraction of sp³-hybridized carbons (Fsp3) is 0.750. The molecule has 1 aromatic heterocycles. The van der Waals surface area contributed by atoms with Crippen molar-refractivity contribution in [3.8, 4) is 0 Å². The standard InChI is InChI=1S/C12H22N4O3S/c1-13-8-10-9-14-16-12(10)20(17,18)15-6-5-11-4-2-3-7-19-11/h9,11,13,15H,2-8H2,1H3,(H,14,16). The van der Waals surface area contributed by atoms with E-state index in [0.717, 1.165) is 25.9 Å². The molecule has 0 bridgehead atoms. The van der Waals surface area contributed by atoms with Gasteiger partial charge in [-0.15, -0.1) is 0 Å². The van der Waals surface area contributed by atoms with Crippen molar-refractivity contribution < 1.29 is 13.2 Å². The van der Waals surface area contributed by atoms with E-state index in [9.17, 15) is 8.42 Å². The van der Waals surface area contributed by atoms with Crippen LogP contribution in [0, 0.1) is 0 Å². The lowest BCUT2D eigenvalue weighted by Gasteiger charge is -2.22. The summed E-state index contributed by atoms with van der Waals surface area (Å²) in [7, 11) is -1.77. The Hall–Kier alpha value is -0.960. The molecule has 0 amide bonds. The summed E-state index contributed by atoms with van der Waals surface area (Å²) in [6.45, 7) is 1.62. The van der Waals surface area contributed by atoms with Gasteiger partial charge in [-0.3, -0.25) is 5.10 Å². The zero-order valence-electron chi connectivity index (χ0n) is 11.7. The van der Waals surface area contributed by atoms with Crippen LogP contribution < -0.4 is 10.0 Å². The molecule has 1 atom stereocenters. The Bertz CT molecular complexity index is 509. The van der Waals surface area contributed by atoms with Crippen molar-refractivity contribution in [2.24, 2.45) is 0 Å². The first kappa shape index (κ1) is 15.4. The van der Waals surface area contributed by atoms with E-state index in [0.29, 0.717) is 25.1 Å². The topological polar surface area (TPSA) is 96.1 Å². The van der Waals surface area contributed by atoms with Gasteiger partial charge in [0.25, 0.3) is 10.0 Å². The van der Waals surface area contributed by atoms with Gasteiger partial charge in [-0.25, -0.2) is 13.1 Å². The second kappa shape index (κ2) is 7.16. The van der Waals surface area contributed by atoms with Gasteiger partial charge >= 0.3 is 0 Å². The molecule has 0 saturated carbocycles. The highest BCUT2D eigenvalue weighted by atomic mass is 32.2. The Morgan fingerprint density at radius 2 is 2.35 bits per heavy atom. The van der Waals surface area contributed by atoms with Crippen molar-refractivity contribution >= 4 is 10.0 Å². The number of aromatic amines is 1. The van der Waals surface area contributed by atoms with Gasteiger partial charge < -0.3 is 10.1 Å². The molecule has 2 rings (SSSR count). The highest BCUT2D eigenvalue weighted by Crippen LogP contribution is 2.16. The summed E-state index contributed by atoms with van der Waals surface area (Å²) >= 11 is 0. The Kier molecular flexibility index (Phi) is 5.53. The molecule has 1 aromatic rings. The summed E-state index contributed by atoms with van der Waals surface area (Å²) in [5.74, 6) is 0. The van der Waals surface area contributed by atoms with Crippen LogP contribution in [-0.2, 0) is 21.3 Å². The summed E-state index contributed by atoms with van der Waals surface area (Å²) in [6, 6.07) is 0. The molecule has 20 heavy (non-hydrogen) atoms. The average Bonchev–Trinajstić information content (AvgIpc) is 2.89. The lowest BCUT2D eigenvalue weighted by molar-refractivity contribution is 0.0123. The average molecular weight is 302 g/mol. The molecule has 7 nitrogen and oxygen atoms in total. The van der Waals surface area contributed by atoms with Gasteiger partial charge in [0.1, 0.15) is 0 Å². The molecule has 0 aromatic carbocycles. The van der Waals surface area contributed by atoms with Crippen LogP contribution in [-0.4, -0.2) is 44.9 Å². The fourth-order valence-corrected chi connectivity index (χ4v) is 3.48. The fourth-order valence-electron chi connectivity index (χ4n) is 2.31. The van der Waals surface area contributed by atoms with Crippen molar-refractivity contribution in [1.29, 1.82) is 0 Å². The highest BCUT2D eigenvalue weighted by Gasteiger charge is 2.21. The summed E-state index contributed by atoms with van der Waals surface area (Å²) in [4.78, 5) is 0. The molecule has 0 spiro atoms. The van der Waals surface area contributed by atoms with Crippen molar-refractivity contribution in [3.05, 3.63) is 11.8 Å². The van der Waals surface area contributed by atoms with Gasteiger partial charge in [-0.05, 0) is 32.7 Å². The van der Waals surface area contributed by atoms with Gasteiger partial charge in [0.15, 0.2) is 5.03 Å². The highest BCUT2D eigenvalue weighted by molar-refractivity contribution is 7.89. The van der Waals surface area contributed by atoms with Gasteiger partial charge in [0, 0.05) is 25.3 Å². The maximum Gasteiger partial charge on any atom is 0.257 e. The normalized spacial score (nSPS) is 20.1. The van der Waals surface area contributed by atoms with Crippen LogP contribution in [0.4, 0.5) is 0 Å². The molecule has 1 aliphatic rings. The molecule has 114 valence electrons. The number of nitrogens with one attached hydrogen (secondary N) is 3. The molecule has 1 aliphatic heterocycles. The first-order valence-electron chi connectivity index (χ1n) is 6.91. The predicted molar refractivity (Wildman–Crippen MR) is 74.7 cm³/mol. The van der Waals surface area contributed by atoms with Crippen molar-refractivity contribution in [2.75, 3.05) is 20.2 Å². The Labute approximate surface area is 119 Å². The molecule has 0 radical (unpaired) electrons.